The van der Waals surface area contributed by atoms with Crippen molar-refractivity contribution in [3.8, 4) is 0 Å². The average Bonchev–Trinajstić information content (AvgIpc) is 2.16. The zero-order valence-corrected chi connectivity index (χ0v) is 11.7. The second-order valence-electron chi connectivity index (χ2n) is 5.91. The van der Waals surface area contributed by atoms with Crippen LogP contribution in [0.3, 0.4) is 0 Å². The summed E-state index contributed by atoms with van der Waals surface area (Å²) >= 11 is 0. The summed E-state index contributed by atoms with van der Waals surface area (Å²) < 4.78 is 0. The maximum absolute atomic E-state index is 3.68. The van der Waals surface area contributed by atoms with E-state index >= 15 is 0 Å². The summed E-state index contributed by atoms with van der Waals surface area (Å²) in [7, 11) is 0. The highest BCUT2D eigenvalue weighted by Crippen LogP contribution is 2.19. The van der Waals surface area contributed by atoms with E-state index in [0.717, 1.165) is 5.92 Å². The van der Waals surface area contributed by atoms with E-state index in [-0.39, 0.29) is 0 Å². The molecule has 1 heteroatoms. The van der Waals surface area contributed by atoms with Crippen LogP contribution in [-0.4, -0.2) is 12.6 Å². The Balaban J connectivity index is 3.79. The minimum absolute atomic E-state index is 0.378. The van der Waals surface area contributed by atoms with E-state index < -0.39 is 0 Å². The molecular weight excluding hydrogens is 182 g/mol. The third kappa shape index (κ3) is 6.94. The number of hydrogen-bond donors (Lipinski definition) is 1. The molecule has 2 atom stereocenters. The van der Waals surface area contributed by atoms with Gasteiger partial charge in [0.2, 0.25) is 0 Å². The minimum atomic E-state index is 0.378. The van der Waals surface area contributed by atoms with Crippen molar-refractivity contribution in [3.63, 3.8) is 0 Å². The van der Waals surface area contributed by atoms with Gasteiger partial charge in [0.25, 0.3) is 0 Å². The highest BCUT2D eigenvalue weighted by atomic mass is 14.9. The van der Waals surface area contributed by atoms with Gasteiger partial charge in [0.1, 0.15) is 0 Å². The Labute approximate surface area is 97.0 Å². The van der Waals surface area contributed by atoms with E-state index in [1.54, 1.807) is 0 Å². The van der Waals surface area contributed by atoms with Gasteiger partial charge in [-0.05, 0) is 31.2 Å². The van der Waals surface area contributed by atoms with Crippen molar-refractivity contribution in [1.82, 2.24) is 5.32 Å². The lowest BCUT2D eigenvalue weighted by molar-refractivity contribution is 0.267. The van der Waals surface area contributed by atoms with Gasteiger partial charge in [-0.2, -0.15) is 0 Å². The van der Waals surface area contributed by atoms with Gasteiger partial charge in [0.15, 0.2) is 0 Å². The SMILES string of the molecule is CCCCC(CC)CNC(C)C(C)(C)C. The highest BCUT2D eigenvalue weighted by molar-refractivity contribution is 4.77. The molecule has 0 rings (SSSR count). The van der Waals surface area contributed by atoms with Gasteiger partial charge in [0, 0.05) is 6.04 Å². The third-order valence-electron chi connectivity index (χ3n) is 3.56. The van der Waals surface area contributed by atoms with Crippen molar-refractivity contribution in [2.24, 2.45) is 11.3 Å². The maximum Gasteiger partial charge on any atom is 0.00873 e. The third-order valence-corrected chi connectivity index (χ3v) is 3.56. The predicted molar refractivity (Wildman–Crippen MR) is 70.2 cm³/mol. The van der Waals surface area contributed by atoms with Crippen LogP contribution in [0.4, 0.5) is 0 Å². The second-order valence-corrected chi connectivity index (χ2v) is 5.91. The molecule has 1 nitrogen and oxygen atoms in total. The topological polar surface area (TPSA) is 12.0 Å². The lowest BCUT2D eigenvalue weighted by Gasteiger charge is -2.30. The quantitative estimate of drug-likeness (QED) is 0.667. The predicted octanol–water partition coefficient (Wildman–Crippen LogP) is 4.23. The minimum Gasteiger partial charge on any atom is -0.313 e. The van der Waals surface area contributed by atoms with Gasteiger partial charge in [-0.25, -0.2) is 0 Å². The normalized spacial score (nSPS) is 16.4. The summed E-state index contributed by atoms with van der Waals surface area (Å²) in [4.78, 5) is 0. The van der Waals surface area contributed by atoms with Gasteiger partial charge in [-0.1, -0.05) is 53.9 Å². The molecule has 92 valence electrons. The van der Waals surface area contributed by atoms with Gasteiger partial charge in [0.05, 0.1) is 0 Å². The van der Waals surface area contributed by atoms with E-state index in [2.05, 4.69) is 46.9 Å². The molecule has 1 N–H and O–H groups in total. The first-order valence-electron chi connectivity index (χ1n) is 6.65. The molecule has 0 radical (unpaired) electrons. The van der Waals surface area contributed by atoms with Gasteiger partial charge in [-0.15, -0.1) is 0 Å². The monoisotopic (exact) mass is 213 g/mol. The Hall–Kier alpha value is -0.0400. The number of rotatable bonds is 7. The molecule has 15 heavy (non-hydrogen) atoms. The highest BCUT2D eigenvalue weighted by Gasteiger charge is 2.19. The van der Waals surface area contributed by atoms with Crippen LogP contribution in [0.2, 0.25) is 0 Å². The van der Waals surface area contributed by atoms with Crippen LogP contribution in [0.1, 0.15) is 67.2 Å². The maximum atomic E-state index is 3.68. The standard InChI is InChI=1S/C14H31N/c1-7-9-10-13(8-2)11-15-12(3)14(4,5)6/h12-13,15H,7-11H2,1-6H3. The Morgan fingerprint density at radius 1 is 1.13 bits per heavy atom. The fourth-order valence-electron chi connectivity index (χ4n) is 1.59. The van der Waals surface area contributed by atoms with E-state index in [0.29, 0.717) is 11.5 Å². The van der Waals surface area contributed by atoms with E-state index in [4.69, 9.17) is 0 Å². The van der Waals surface area contributed by atoms with Crippen LogP contribution in [0.25, 0.3) is 0 Å². The lowest BCUT2D eigenvalue weighted by atomic mass is 9.87. The summed E-state index contributed by atoms with van der Waals surface area (Å²) in [5.41, 5.74) is 0.378. The fourth-order valence-corrected chi connectivity index (χ4v) is 1.59. The van der Waals surface area contributed by atoms with Crippen molar-refractivity contribution < 1.29 is 0 Å². The Bertz CT molecular complexity index is 146. The van der Waals surface area contributed by atoms with E-state index in [1.807, 2.05) is 0 Å². The lowest BCUT2D eigenvalue weighted by Crippen LogP contribution is -2.40. The zero-order chi connectivity index (χ0) is 11.9. The van der Waals surface area contributed by atoms with Crippen molar-refractivity contribution in [1.29, 1.82) is 0 Å². The van der Waals surface area contributed by atoms with Gasteiger partial charge in [-0.3, -0.25) is 0 Å². The number of nitrogens with one attached hydrogen (secondary N) is 1. The second kappa shape index (κ2) is 7.27. The van der Waals surface area contributed by atoms with Crippen molar-refractivity contribution >= 4 is 0 Å². The zero-order valence-electron chi connectivity index (χ0n) is 11.7. The van der Waals surface area contributed by atoms with Crippen LogP contribution < -0.4 is 5.32 Å². The van der Waals surface area contributed by atoms with Crippen LogP contribution >= 0.6 is 0 Å². The smallest absolute Gasteiger partial charge is 0.00873 e. The molecule has 0 aromatic rings. The molecule has 0 saturated carbocycles. The molecule has 0 saturated heterocycles. The molecule has 0 heterocycles. The summed E-state index contributed by atoms with van der Waals surface area (Å²) in [5, 5.41) is 3.68. The van der Waals surface area contributed by atoms with Gasteiger partial charge < -0.3 is 5.32 Å². The molecule has 0 amide bonds. The van der Waals surface area contributed by atoms with Crippen molar-refractivity contribution in [2.75, 3.05) is 6.54 Å². The molecule has 2 unspecified atom stereocenters. The molecule has 0 aliphatic rings. The fraction of sp³-hybridized carbons (Fsp3) is 1.00. The van der Waals surface area contributed by atoms with E-state index in [1.165, 1.54) is 32.2 Å². The van der Waals surface area contributed by atoms with Crippen LogP contribution in [-0.2, 0) is 0 Å². The summed E-state index contributed by atoms with van der Waals surface area (Å²) in [6.07, 6.45) is 5.40. The molecule has 0 aromatic carbocycles. The van der Waals surface area contributed by atoms with Crippen LogP contribution in [0.15, 0.2) is 0 Å². The van der Waals surface area contributed by atoms with E-state index in [9.17, 15) is 0 Å². The summed E-state index contributed by atoms with van der Waals surface area (Å²) in [6.45, 7) is 15.0. The molecule has 0 aromatic heterocycles. The van der Waals surface area contributed by atoms with Crippen molar-refractivity contribution in [2.45, 2.75) is 73.3 Å². The average molecular weight is 213 g/mol. The summed E-state index contributed by atoms with van der Waals surface area (Å²) in [6, 6.07) is 0.605. The molecule has 0 aliphatic carbocycles. The molecule has 0 spiro atoms. The Morgan fingerprint density at radius 3 is 2.13 bits per heavy atom. The number of hydrogen-bond acceptors (Lipinski definition) is 1. The van der Waals surface area contributed by atoms with Crippen LogP contribution in [0, 0.1) is 11.3 Å². The Kier molecular flexibility index (Phi) is 7.25. The number of unbranched alkanes of at least 4 members (excludes halogenated alkanes) is 1. The van der Waals surface area contributed by atoms with Crippen molar-refractivity contribution in [3.05, 3.63) is 0 Å². The van der Waals surface area contributed by atoms with Gasteiger partial charge >= 0.3 is 0 Å². The molecule has 0 bridgehead atoms. The first-order chi connectivity index (χ1) is 6.91. The molecule has 0 fully saturated rings. The largest absolute Gasteiger partial charge is 0.313 e. The Morgan fingerprint density at radius 2 is 1.73 bits per heavy atom. The molecule has 0 aliphatic heterocycles. The summed E-state index contributed by atoms with van der Waals surface area (Å²) in [5.74, 6) is 0.870. The van der Waals surface area contributed by atoms with Crippen LogP contribution in [0.5, 0.6) is 0 Å². The first-order valence-corrected chi connectivity index (χ1v) is 6.65. The molecular formula is C14H31N. The first kappa shape index (κ1) is 15.0.